The molecule has 2 aliphatic rings. The number of fused-ring (bicyclic) bond motifs is 15. The lowest BCUT2D eigenvalue weighted by atomic mass is 9.72. The molecule has 1 aromatic heterocycles. The zero-order chi connectivity index (χ0) is 34.0. The third-order valence-electron chi connectivity index (χ3n) is 11.8. The van der Waals surface area contributed by atoms with Gasteiger partial charge in [0.05, 0.1) is 16.7 Å². The molecule has 1 unspecified atom stereocenters. The van der Waals surface area contributed by atoms with Crippen molar-refractivity contribution in [2.75, 3.05) is 0 Å². The van der Waals surface area contributed by atoms with Crippen molar-refractivity contribution in [2.24, 2.45) is 0 Å². The van der Waals surface area contributed by atoms with E-state index >= 15 is 0 Å². The van der Waals surface area contributed by atoms with Crippen molar-refractivity contribution in [3.63, 3.8) is 0 Å². The number of hydrogen-bond donors (Lipinski definition) is 0. The van der Waals surface area contributed by atoms with Gasteiger partial charge in [0, 0.05) is 0 Å². The van der Waals surface area contributed by atoms with Gasteiger partial charge in [0.25, 0.3) is 0 Å². The Kier molecular flexibility index (Phi) is 5.46. The second kappa shape index (κ2) is 10.2. The van der Waals surface area contributed by atoms with Gasteiger partial charge in [0.1, 0.15) is 11.2 Å². The fourth-order valence-electron chi connectivity index (χ4n) is 9.77. The molecule has 0 fully saturated rings. The number of aromatic nitrogens is 2. The van der Waals surface area contributed by atoms with Crippen LogP contribution in [0.3, 0.4) is 0 Å². The summed E-state index contributed by atoms with van der Waals surface area (Å²) >= 11 is 0. The van der Waals surface area contributed by atoms with Crippen LogP contribution in [0.4, 0.5) is 0 Å². The van der Waals surface area contributed by atoms with Gasteiger partial charge in [-0.1, -0.05) is 158 Å². The third-order valence-corrected chi connectivity index (χ3v) is 11.8. The molecule has 52 heavy (non-hydrogen) atoms. The number of rotatable bonds is 2. The first kappa shape index (κ1) is 28.0. The van der Waals surface area contributed by atoms with Crippen LogP contribution in [0, 0.1) is 0 Å². The normalized spacial score (nSPS) is 15.4. The highest BCUT2D eigenvalue weighted by atomic mass is 15.1. The Morgan fingerprint density at radius 2 is 0.981 bits per heavy atom. The van der Waals surface area contributed by atoms with Gasteiger partial charge >= 0.3 is 0 Å². The van der Waals surface area contributed by atoms with Crippen LogP contribution >= 0.6 is 0 Å². The van der Waals surface area contributed by atoms with E-state index in [2.05, 4.69) is 187 Å². The van der Waals surface area contributed by atoms with Gasteiger partial charge in [0.15, 0.2) is 0 Å². The van der Waals surface area contributed by atoms with Crippen LogP contribution in [-0.2, 0) is 5.41 Å². The van der Waals surface area contributed by atoms with Crippen LogP contribution in [0.25, 0.3) is 82.4 Å². The molecule has 10 aromatic rings. The smallest absolute Gasteiger partial charge is 0.134 e. The molecule has 0 saturated heterocycles. The molecule has 0 bridgehead atoms. The van der Waals surface area contributed by atoms with Crippen molar-refractivity contribution >= 4 is 43.4 Å². The van der Waals surface area contributed by atoms with E-state index in [0.29, 0.717) is 0 Å². The largest absolute Gasteiger partial charge is 0.295 e. The van der Waals surface area contributed by atoms with E-state index in [1.54, 1.807) is 0 Å². The highest BCUT2D eigenvalue weighted by molar-refractivity contribution is 6.23. The van der Waals surface area contributed by atoms with Crippen molar-refractivity contribution in [1.82, 2.24) is 9.55 Å². The standard InChI is InChI=1S/C50H30N2/c1-2-16-33-31(14-1)15-13-22-36(33)48-39-20-5-3-18-37(39)47(38-19-4-6-21-40(38)48)32-28-29-35-34-17-7-8-23-41(34)50(43(35)30-32)42-24-9-11-26-45(42)52-46-27-12-10-25-44(46)51-49(50)52/h1-30H. The van der Waals surface area contributed by atoms with Gasteiger partial charge in [-0.3, -0.25) is 4.57 Å². The van der Waals surface area contributed by atoms with E-state index in [1.165, 1.54) is 88.1 Å². The highest BCUT2D eigenvalue weighted by Crippen LogP contribution is 2.61. The number of imidazole rings is 1. The summed E-state index contributed by atoms with van der Waals surface area (Å²) < 4.78 is 2.41. The summed E-state index contributed by atoms with van der Waals surface area (Å²) in [5.74, 6) is 1.07. The van der Waals surface area contributed by atoms with Crippen molar-refractivity contribution in [3.05, 3.63) is 205 Å². The summed E-state index contributed by atoms with van der Waals surface area (Å²) in [6.07, 6.45) is 0. The lowest BCUT2D eigenvalue weighted by Crippen LogP contribution is -2.27. The zero-order valence-corrected chi connectivity index (χ0v) is 28.2. The van der Waals surface area contributed by atoms with Crippen LogP contribution in [0.1, 0.15) is 22.5 Å². The Morgan fingerprint density at radius 3 is 1.79 bits per heavy atom. The van der Waals surface area contributed by atoms with Crippen LogP contribution in [-0.4, -0.2) is 9.55 Å². The van der Waals surface area contributed by atoms with Crippen LogP contribution < -0.4 is 0 Å². The summed E-state index contributed by atoms with van der Waals surface area (Å²) in [5, 5.41) is 7.56. The van der Waals surface area contributed by atoms with E-state index in [4.69, 9.17) is 4.98 Å². The first-order chi connectivity index (χ1) is 25.8. The molecule has 0 N–H and O–H groups in total. The number of para-hydroxylation sites is 3. The first-order valence-electron chi connectivity index (χ1n) is 18.1. The predicted octanol–water partition coefficient (Wildman–Crippen LogP) is 12.5. The summed E-state index contributed by atoms with van der Waals surface area (Å²) in [6.45, 7) is 0. The lowest BCUT2D eigenvalue weighted by molar-refractivity contribution is 0.738. The van der Waals surface area contributed by atoms with E-state index in [-0.39, 0.29) is 0 Å². The van der Waals surface area contributed by atoms with Gasteiger partial charge in [-0.2, -0.15) is 0 Å². The fraction of sp³-hybridized carbons (Fsp3) is 0.0200. The highest BCUT2D eigenvalue weighted by Gasteiger charge is 2.54. The maximum absolute atomic E-state index is 5.48. The average molecular weight is 659 g/mol. The molecule has 2 heterocycles. The van der Waals surface area contributed by atoms with Crippen LogP contribution in [0.15, 0.2) is 182 Å². The Balaban J connectivity index is 1.20. The number of benzene rings is 9. The van der Waals surface area contributed by atoms with Gasteiger partial charge < -0.3 is 0 Å². The molecule has 12 rings (SSSR count). The minimum atomic E-state index is -0.550. The number of nitrogens with zero attached hydrogens (tertiary/aromatic N) is 2. The third kappa shape index (κ3) is 3.42. The summed E-state index contributed by atoms with van der Waals surface area (Å²) in [6, 6.07) is 67.1. The zero-order valence-electron chi connectivity index (χ0n) is 28.2. The fourth-order valence-corrected chi connectivity index (χ4v) is 9.77. The van der Waals surface area contributed by atoms with E-state index in [1.807, 2.05) is 0 Å². The molecule has 0 radical (unpaired) electrons. The van der Waals surface area contributed by atoms with Crippen molar-refractivity contribution in [2.45, 2.75) is 5.41 Å². The SMILES string of the molecule is c1ccc2c(c1)-c1ccc(-c3c4ccccc4c(-c4cccc5ccccc45)c4ccccc34)cc1C21c2ccccc2-n2c1nc1ccccc12. The molecule has 1 aliphatic carbocycles. The van der Waals surface area contributed by atoms with Crippen molar-refractivity contribution in [1.29, 1.82) is 0 Å². The second-order valence-corrected chi connectivity index (χ2v) is 14.2. The molecule has 0 saturated carbocycles. The quantitative estimate of drug-likeness (QED) is 0.169. The Morgan fingerprint density at radius 1 is 0.404 bits per heavy atom. The Labute approximate surface area is 300 Å². The topological polar surface area (TPSA) is 17.8 Å². The van der Waals surface area contributed by atoms with Gasteiger partial charge in [0.2, 0.25) is 0 Å². The predicted molar refractivity (Wildman–Crippen MR) is 215 cm³/mol. The molecule has 1 atom stereocenters. The Hall–Kier alpha value is -6.77. The van der Waals surface area contributed by atoms with E-state index in [9.17, 15) is 0 Å². The molecule has 0 amide bonds. The molecule has 2 heteroatoms. The molecule has 1 spiro atoms. The maximum Gasteiger partial charge on any atom is 0.134 e. The first-order valence-corrected chi connectivity index (χ1v) is 18.1. The van der Waals surface area contributed by atoms with E-state index in [0.717, 1.165) is 16.9 Å². The summed E-state index contributed by atoms with van der Waals surface area (Å²) in [5.41, 5.74) is 14.3. The average Bonchev–Trinajstić information content (AvgIpc) is 3.83. The van der Waals surface area contributed by atoms with Crippen molar-refractivity contribution in [3.8, 4) is 39.1 Å². The molecule has 2 nitrogen and oxygen atoms in total. The molecular weight excluding hydrogens is 629 g/mol. The molecule has 1 aliphatic heterocycles. The maximum atomic E-state index is 5.48. The van der Waals surface area contributed by atoms with Gasteiger partial charge in [-0.05, 0) is 107 Å². The minimum absolute atomic E-state index is 0.550. The molecule has 9 aromatic carbocycles. The second-order valence-electron chi connectivity index (χ2n) is 14.2. The molecule has 240 valence electrons. The van der Waals surface area contributed by atoms with Gasteiger partial charge in [-0.15, -0.1) is 0 Å². The summed E-state index contributed by atoms with van der Waals surface area (Å²) in [4.78, 5) is 5.48. The van der Waals surface area contributed by atoms with Gasteiger partial charge in [-0.25, -0.2) is 4.98 Å². The van der Waals surface area contributed by atoms with E-state index < -0.39 is 5.41 Å². The molecular formula is C50H30N2. The summed E-state index contributed by atoms with van der Waals surface area (Å²) in [7, 11) is 0. The van der Waals surface area contributed by atoms with Crippen LogP contribution in [0.2, 0.25) is 0 Å². The minimum Gasteiger partial charge on any atom is -0.295 e. The van der Waals surface area contributed by atoms with Crippen molar-refractivity contribution < 1.29 is 0 Å². The Bertz CT molecular complexity index is 3080. The lowest BCUT2D eigenvalue weighted by Gasteiger charge is -2.28. The van der Waals surface area contributed by atoms with Crippen LogP contribution in [0.5, 0.6) is 0 Å². The monoisotopic (exact) mass is 658 g/mol. The number of hydrogen-bond acceptors (Lipinski definition) is 1.